The number of benzene rings is 6. The van der Waals surface area contributed by atoms with Crippen molar-refractivity contribution < 1.29 is 4.57 Å². The Morgan fingerprint density at radius 3 is 2.26 bits per heavy atom. The van der Waals surface area contributed by atoms with Crippen LogP contribution in [-0.4, -0.2) is 9.55 Å². The van der Waals surface area contributed by atoms with E-state index in [1.165, 1.54) is 21.5 Å². The first-order valence-corrected chi connectivity index (χ1v) is 15.1. The van der Waals surface area contributed by atoms with Crippen LogP contribution >= 0.6 is 7.14 Å². The number of aryl methyl sites for hydroxylation is 1. The van der Waals surface area contributed by atoms with Crippen LogP contribution in [0.25, 0.3) is 49.4 Å². The van der Waals surface area contributed by atoms with E-state index in [4.69, 9.17) is 4.98 Å². The van der Waals surface area contributed by atoms with Crippen LogP contribution in [0.3, 0.4) is 0 Å². The molecule has 3 nitrogen and oxygen atoms in total. The van der Waals surface area contributed by atoms with E-state index in [0.29, 0.717) is 0 Å². The fourth-order valence-electron chi connectivity index (χ4n) is 6.38. The van der Waals surface area contributed by atoms with Gasteiger partial charge >= 0.3 is 0 Å². The van der Waals surface area contributed by atoms with Gasteiger partial charge in [-0.05, 0) is 63.0 Å². The van der Waals surface area contributed by atoms with Crippen molar-refractivity contribution in [2.24, 2.45) is 0 Å². The van der Waals surface area contributed by atoms with E-state index in [2.05, 4.69) is 84.3 Å². The molecule has 0 amide bonds. The Balaban J connectivity index is 1.49. The molecule has 39 heavy (non-hydrogen) atoms. The van der Waals surface area contributed by atoms with Crippen LogP contribution in [0.5, 0.6) is 0 Å². The third-order valence-corrected chi connectivity index (χ3v) is 11.2. The van der Waals surface area contributed by atoms with Crippen LogP contribution in [-0.2, 0) is 11.0 Å². The van der Waals surface area contributed by atoms with Crippen molar-refractivity contribution in [3.05, 3.63) is 127 Å². The maximum absolute atomic E-state index is 15.6. The molecule has 1 atom stereocenters. The Morgan fingerprint density at radius 1 is 0.692 bits per heavy atom. The van der Waals surface area contributed by atoms with Crippen molar-refractivity contribution in [3.63, 3.8) is 0 Å². The monoisotopic (exact) mass is 520 g/mol. The van der Waals surface area contributed by atoms with Gasteiger partial charge in [0.1, 0.15) is 5.82 Å². The van der Waals surface area contributed by atoms with E-state index >= 15 is 4.57 Å². The first-order valence-electron chi connectivity index (χ1n) is 13.4. The predicted octanol–water partition coefficient (Wildman–Crippen LogP) is 7.51. The molecular formula is C35H25N2OP. The van der Waals surface area contributed by atoms with E-state index in [9.17, 15) is 0 Å². The minimum absolute atomic E-state index is 0.792. The second-order valence-corrected chi connectivity index (χ2v) is 12.9. The zero-order valence-electron chi connectivity index (χ0n) is 21.5. The predicted molar refractivity (Wildman–Crippen MR) is 164 cm³/mol. The molecule has 1 aromatic heterocycles. The van der Waals surface area contributed by atoms with Crippen molar-refractivity contribution >= 4 is 55.6 Å². The van der Waals surface area contributed by atoms with Gasteiger partial charge < -0.3 is 4.57 Å². The maximum Gasteiger partial charge on any atom is 0.175 e. The van der Waals surface area contributed by atoms with Crippen molar-refractivity contribution in [1.29, 1.82) is 0 Å². The number of hydrogen-bond acceptors (Lipinski definition) is 2. The molecule has 0 N–H and O–H groups in total. The molecule has 0 aliphatic carbocycles. The van der Waals surface area contributed by atoms with Gasteiger partial charge in [0.2, 0.25) is 0 Å². The van der Waals surface area contributed by atoms with Crippen LogP contribution in [0.15, 0.2) is 121 Å². The van der Waals surface area contributed by atoms with Crippen LogP contribution in [0.4, 0.5) is 0 Å². The number of nitrogens with zero attached hydrogens (tertiary/aromatic N) is 2. The molecule has 1 unspecified atom stereocenters. The van der Waals surface area contributed by atoms with Crippen molar-refractivity contribution in [2.45, 2.75) is 13.3 Å². The molecule has 1 aliphatic rings. The van der Waals surface area contributed by atoms with Gasteiger partial charge in [-0.15, -0.1) is 0 Å². The molecule has 0 spiro atoms. The highest BCUT2D eigenvalue weighted by molar-refractivity contribution is 7.86. The summed E-state index contributed by atoms with van der Waals surface area (Å²) in [5.41, 5.74) is 5.06. The van der Waals surface area contributed by atoms with Gasteiger partial charge in [-0.2, -0.15) is 0 Å². The number of para-hydroxylation sites is 1. The van der Waals surface area contributed by atoms with Gasteiger partial charge in [0.25, 0.3) is 0 Å². The number of hydrogen-bond donors (Lipinski definition) is 0. The zero-order chi connectivity index (χ0) is 26.1. The van der Waals surface area contributed by atoms with E-state index < -0.39 is 7.14 Å². The lowest BCUT2D eigenvalue weighted by atomic mass is 9.93. The van der Waals surface area contributed by atoms with Gasteiger partial charge in [0, 0.05) is 22.3 Å². The lowest BCUT2D eigenvalue weighted by Crippen LogP contribution is -2.33. The molecule has 6 aromatic carbocycles. The topological polar surface area (TPSA) is 34.9 Å². The minimum Gasteiger partial charge on any atom is -0.308 e. The second-order valence-electron chi connectivity index (χ2n) is 10.2. The number of fused-ring (bicyclic) bond motifs is 5. The van der Waals surface area contributed by atoms with Crippen molar-refractivity contribution in [3.8, 4) is 16.8 Å². The zero-order valence-corrected chi connectivity index (χ0v) is 22.4. The summed E-state index contributed by atoms with van der Waals surface area (Å²) in [4.78, 5) is 4.96. The largest absolute Gasteiger partial charge is 0.308 e. The van der Waals surface area contributed by atoms with E-state index in [-0.39, 0.29) is 0 Å². The molecular weight excluding hydrogens is 495 g/mol. The summed E-state index contributed by atoms with van der Waals surface area (Å²) in [5.74, 6) is 0.988. The standard InChI is InChI=1S/C35H25N2OP/c1-2-34-36-30-17-10-18-32-35(30)37(34)31-20-19-24(22-33(31)39(32,38)25-12-4-3-5-13-25)29-21-23-11-6-7-14-26(23)27-15-8-9-16-28(27)29/h3-22H,2H2,1H3. The molecule has 0 bridgehead atoms. The minimum atomic E-state index is -3.18. The third-order valence-electron chi connectivity index (χ3n) is 8.13. The second kappa shape index (κ2) is 8.27. The molecule has 0 fully saturated rings. The first-order chi connectivity index (χ1) is 19.2. The van der Waals surface area contributed by atoms with Crippen molar-refractivity contribution in [1.82, 2.24) is 9.55 Å². The van der Waals surface area contributed by atoms with Gasteiger partial charge in [-0.1, -0.05) is 97.9 Å². The molecule has 0 saturated heterocycles. The summed E-state index contributed by atoms with van der Waals surface area (Å²) in [5, 5.41) is 7.45. The quantitative estimate of drug-likeness (QED) is 0.178. The van der Waals surface area contributed by atoms with E-state index in [0.717, 1.165) is 56.0 Å². The summed E-state index contributed by atoms with van der Waals surface area (Å²) < 4.78 is 17.8. The van der Waals surface area contributed by atoms with Gasteiger partial charge in [-0.25, -0.2) is 4.98 Å². The first kappa shape index (κ1) is 22.5. The van der Waals surface area contributed by atoms with Crippen LogP contribution in [0, 0.1) is 0 Å². The highest BCUT2D eigenvalue weighted by Gasteiger charge is 2.39. The smallest absolute Gasteiger partial charge is 0.175 e. The average Bonchev–Trinajstić information content (AvgIpc) is 3.39. The molecule has 2 heterocycles. The van der Waals surface area contributed by atoms with Crippen LogP contribution in [0.2, 0.25) is 0 Å². The number of aromatic nitrogens is 2. The Labute approximate surface area is 226 Å². The third kappa shape index (κ3) is 3.05. The average molecular weight is 521 g/mol. The highest BCUT2D eigenvalue weighted by atomic mass is 31.2. The van der Waals surface area contributed by atoms with Gasteiger partial charge in [0.05, 0.1) is 16.7 Å². The summed E-state index contributed by atoms with van der Waals surface area (Å²) in [7, 11) is -3.18. The lowest BCUT2D eigenvalue weighted by Gasteiger charge is -2.29. The highest BCUT2D eigenvalue weighted by Crippen LogP contribution is 2.50. The fraction of sp³-hybridized carbons (Fsp3) is 0.0571. The Hall–Kier alpha value is -4.46. The molecule has 4 heteroatoms. The molecule has 186 valence electrons. The van der Waals surface area contributed by atoms with Gasteiger partial charge in [0.15, 0.2) is 7.14 Å². The molecule has 7 aromatic rings. The van der Waals surface area contributed by atoms with Crippen LogP contribution < -0.4 is 15.9 Å². The summed E-state index contributed by atoms with van der Waals surface area (Å²) in [6.07, 6.45) is 0.792. The normalized spacial score (nSPS) is 16.1. The lowest BCUT2D eigenvalue weighted by molar-refractivity contribution is 0.592. The number of rotatable bonds is 3. The summed E-state index contributed by atoms with van der Waals surface area (Å²) in [6, 6.07) is 42.0. The molecule has 1 aliphatic heterocycles. The molecule has 8 rings (SSSR count). The summed E-state index contributed by atoms with van der Waals surface area (Å²) in [6.45, 7) is 2.13. The summed E-state index contributed by atoms with van der Waals surface area (Å²) >= 11 is 0. The fourth-order valence-corrected chi connectivity index (χ4v) is 9.41. The number of imidazole rings is 1. The van der Waals surface area contributed by atoms with E-state index in [1.54, 1.807) is 0 Å². The van der Waals surface area contributed by atoms with Crippen molar-refractivity contribution in [2.75, 3.05) is 0 Å². The van der Waals surface area contributed by atoms with E-state index in [1.807, 2.05) is 48.5 Å². The Morgan fingerprint density at radius 2 is 1.44 bits per heavy atom. The SMILES string of the molecule is CCc1nc2cccc3c2n1-c1ccc(-c2cc4ccccc4c4ccccc24)cc1P3(=O)c1ccccc1. The van der Waals surface area contributed by atoms with Gasteiger partial charge in [-0.3, -0.25) is 4.57 Å². The maximum atomic E-state index is 15.6. The Bertz CT molecular complexity index is 2140. The molecule has 0 radical (unpaired) electrons. The molecule has 0 saturated carbocycles. The Kier molecular flexibility index (Phi) is 4.77. The van der Waals surface area contributed by atoms with Crippen LogP contribution in [0.1, 0.15) is 12.7 Å².